The maximum atomic E-state index is 13.8. The van der Waals surface area contributed by atoms with Crippen LogP contribution in [0.4, 0.5) is 4.39 Å². The molecule has 0 spiro atoms. The van der Waals surface area contributed by atoms with Crippen LogP contribution in [0.1, 0.15) is 63.4 Å². The topological polar surface area (TPSA) is 60.4 Å². The van der Waals surface area contributed by atoms with Gasteiger partial charge >= 0.3 is 0 Å². The van der Waals surface area contributed by atoms with Crippen molar-refractivity contribution in [1.29, 1.82) is 0 Å². The molecule has 1 aromatic rings. The molecule has 1 heterocycles. The van der Waals surface area contributed by atoms with E-state index >= 15 is 0 Å². The molecule has 1 fully saturated rings. The molecule has 0 unspecified atom stereocenters. The van der Waals surface area contributed by atoms with Crippen LogP contribution < -0.4 is 5.11 Å². The minimum Gasteiger partial charge on any atom is -0.550 e. The Kier molecular flexibility index (Phi) is 9.64. The predicted molar refractivity (Wildman–Crippen MR) is 113 cm³/mol. The number of thiocarbonyl (C=S) groups is 1. The van der Waals surface area contributed by atoms with E-state index < -0.39 is 5.97 Å². The average molecular weight is 423 g/mol. The summed E-state index contributed by atoms with van der Waals surface area (Å²) in [5.74, 6) is -1.47. The highest BCUT2D eigenvalue weighted by Crippen LogP contribution is 2.33. The van der Waals surface area contributed by atoms with Gasteiger partial charge in [-0.15, -0.1) is 0 Å². The molecule has 0 aliphatic carbocycles. The molecule has 0 bridgehead atoms. The zero-order valence-electron chi connectivity index (χ0n) is 15.8. The number of carbonyl (C=O) groups excluding carboxylic acids is 2. The standard InChI is InChI=1S/C21H26FNO3S2/c22-17-12-9-8-11-16(17)15-18-20(26)23(21(27)28-18)14-10-6-4-2-1-3-5-7-13-19(24)25/h8-9,11-12,15H,1-7,10,13-14H2,(H,24,25)/p-1/b18-15-. The van der Waals surface area contributed by atoms with Crippen molar-refractivity contribution in [2.45, 2.75) is 57.8 Å². The first kappa shape index (κ1) is 22.6. The number of nitrogens with zero attached hydrogens (tertiary/aromatic N) is 1. The second-order valence-corrected chi connectivity index (χ2v) is 8.48. The van der Waals surface area contributed by atoms with E-state index in [2.05, 4.69) is 0 Å². The van der Waals surface area contributed by atoms with Crippen molar-refractivity contribution in [2.75, 3.05) is 6.54 Å². The van der Waals surface area contributed by atoms with Crippen molar-refractivity contribution in [3.63, 3.8) is 0 Å². The summed E-state index contributed by atoms with van der Waals surface area (Å²) >= 11 is 6.53. The van der Waals surface area contributed by atoms with Crippen LogP contribution in [0.15, 0.2) is 29.2 Å². The largest absolute Gasteiger partial charge is 0.550 e. The lowest BCUT2D eigenvalue weighted by molar-refractivity contribution is -0.305. The fourth-order valence-electron chi connectivity index (χ4n) is 3.03. The molecule has 7 heteroatoms. The second-order valence-electron chi connectivity index (χ2n) is 6.81. The summed E-state index contributed by atoms with van der Waals surface area (Å²) in [6.45, 7) is 0.588. The molecule has 0 aromatic heterocycles. The Morgan fingerprint density at radius 1 is 1.07 bits per heavy atom. The van der Waals surface area contributed by atoms with E-state index in [9.17, 15) is 19.1 Å². The highest BCUT2D eigenvalue weighted by atomic mass is 32.2. The lowest BCUT2D eigenvalue weighted by Gasteiger charge is -2.14. The van der Waals surface area contributed by atoms with Gasteiger partial charge in [-0.25, -0.2) is 4.39 Å². The minimum absolute atomic E-state index is 0.147. The molecule has 1 amide bonds. The van der Waals surface area contributed by atoms with Gasteiger partial charge in [0.2, 0.25) is 0 Å². The van der Waals surface area contributed by atoms with Crippen molar-refractivity contribution >= 4 is 46.3 Å². The van der Waals surface area contributed by atoms with E-state index in [0.29, 0.717) is 27.8 Å². The highest BCUT2D eigenvalue weighted by molar-refractivity contribution is 8.26. The molecule has 1 aliphatic heterocycles. The Morgan fingerprint density at radius 3 is 2.32 bits per heavy atom. The lowest BCUT2D eigenvalue weighted by Crippen LogP contribution is -2.29. The molecule has 4 nitrogen and oxygen atoms in total. The van der Waals surface area contributed by atoms with Crippen LogP contribution in [0, 0.1) is 5.82 Å². The van der Waals surface area contributed by atoms with Crippen molar-refractivity contribution in [3.8, 4) is 0 Å². The molecule has 1 saturated heterocycles. The number of halogens is 1. The summed E-state index contributed by atoms with van der Waals surface area (Å²) in [6.07, 6.45) is 9.56. The third-order valence-corrected chi connectivity index (χ3v) is 5.96. The van der Waals surface area contributed by atoms with E-state index in [1.54, 1.807) is 29.2 Å². The predicted octanol–water partition coefficient (Wildman–Crippen LogP) is 4.29. The first-order valence-electron chi connectivity index (χ1n) is 9.69. The van der Waals surface area contributed by atoms with Gasteiger partial charge in [0.1, 0.15) is 10.1 Å². The van der Waals surface area contributed by atoms with Crippen molar-refractivity contribution in [2.24, 2.45) is 0 Å². The maximum Gasteiger partial charge on any atom is 0.266 e. The van der Waals surface area contributed by atoms with Gasteiger partial charge in [-0.1, -0.05) is 80.7 Å². The van der Waals surface area contributed by atoms with E-state index in [1.165, 1.54) is 17.8 Å². The SMILES string of the molecule is O=C([O-])CCCCCCCCCCN1C(=O)/C(=C/c2ccccc2F)SC1=S. The summed E-state index contributed by atoms with van der Waals surface area (Å²) in [4.78, 5) is 24.9. The van der Waals surface area contributed by atoms with Gasteiger partial charge in [0, 0.05) is 18.1 Å². The summed E-state index contributed by atoms with van der Waals surface area (Å²) < 4.78 is 14.3. The van der Waals surface area contributed by atoms with Crippen LogP contribution in [0.3, 0.4) is 0 Å². The fourth-order valence-corrected chi connectivity index (χ4v) is 4.33. The average Bonchev–Trinajstić information content (AvgIpc) is 2.92. The molecular weight excluding hydrogens is 397 g/mol. The Labute approximate surface area is 175 Å². The van der Waals surface area contributed by atoms with Gasteiger partial charge < -0.3 is 9.90 Å². The van der Waals surface area contributed by atoms with Crippen molar-refractivity contribution < 1.29 is 19.1 Å². The normalized spacial score (nSPS) is 15.6. The lowest BCUT2D eigenvalue weighted by atomic mass is 10.1. The first-order valence-corrected chi connectivity index (χ1v) is 10.9. The Hall–Kier alpha value is -1.73. The quantitative estimate of drug-likeness (QED) is 0.286. The number of carbonyl (C=O) groups is 2. The van der Waals surface area contributed by atoms with Crippen LogP contribution in [0.2, 0.25) is 0 Å². The zero-order chi connectivity index (χ0) is 20.4. The molecule has 0 N–H and O–H groups in total. The van der Waals surface area contributed by atoms with E-state index in [-0.39, 0.29) is 18.1 Å². The summed E-state index contributed by atoms with van der Waals surface area (Å²) in [6, 6.07) is 6.36. The number of hydrogen-bond donors (Lipinski definition) is 0. The molecule has 2 rings (SSSR count). The van der Waals surface area contributed by atoms with Gasteiger partial charge in [0.25, 0.3) is 5.91 Å². The number of carboxylic acid groups (broad SMARTS) is 1. The Bertz CT molecular complexity index is 736. The molecule has 1 aliphatic rings. The molecule has 0 radical (unpaired) electrons. The van der Waals surface area contributed by atoms with Crippen LogP contribution in [-0.4, -0.2) is 27.6 Å². The minimum atomic E-state index is -0.973. The number of rotatable bonds is 12. The number of hydrogen-bond acceptors (Lipinski definition) is 5. The van der Waals surface area contributed by atoms with Gasteiger partial charge in [0.05, 0.1) is 4.91 Å². The zero-order valence-corrected chi connectivity index (χ0v) is 17.5. The monoisotopic (exact) mass is 422 g/mol. The first-order chi connectivity index (χ1) is 13.5. The Balaban J connectivity index is 1.65. The summed E-state index contributed by atoms with van der Waals surface area (Å²) in [5, 5.41) is 10.3. The van der Waals surface area contributed by atoms with Crippen LogP contribution in [0.25, 0.3) is 6.08 Å². The third kappa shape index (κ3) is 7.36. The van der Waals surface area contributed by atoms with E-state index in [4.69, 9.17) is 12.2 Å². The van der Waals surface area contributed by atoms with Gasteiger partial charge in [-0.05, 0) is 31.4 Å². The highest BCUT2D eigenvalue weighted by Gasteiger charge is 2.31. The number of thioether (sulfide) groups is 1. The van der Waals surface area contributed by atoms with Gasteiger partial charge in [-0.2, -0.15) is 0 Å². The summed E-state index contributed by atoms with van der Waals surface area (Å²) in [7, 11) is 0. The number of aliphatic carboxylic acids is 1. The van der Waals surface area contributed by atoms with Crippen LogP contribution in [-0.2, 0) is 9.59 Å². The number of carboxylic acids is 1. The molecular formula is C21H25FNO3S2-. The van der Waals surface area contributed by atoms with Crippen LogP contribution >= 0.6 is 24.0 Å². The fraction of sp³-hybridized carbons (Fsp3) is 0.476. The van der Waals surface area contributed by atoms with E-state index in [0.717, 1.165) is 44.9 Å². The van der Waals surface area contributed by atoms with Crippen LogP contribution in [0.5, 0.6) is 0 Å². The van der Waals surface area contributed by atoms with E-state index in [1.807, 2.05) is 0 Å². The molecule has 152 valence electrons. The third-order valence-electron chi connectivity index (χ3n) is 4.58. The second kappa shape index (κ2) is 12.0. The van der Waals surface area contributed by atoms with Crippen molar-refractivity contribution in [3.05, 3.63) is 40.6 Å². The summed E-state index contributed by atoms with van der Waals surface area (Å²) in [5.41, 5.74) is 0.391. The smallest absolute Gasteiger partial charge is 0.266 e. The molecule has 0 atom stereocenters. The van der Waals surface area contributed by atoms with Gasteiger partial charge in [0.15, 0.2) is 0 Å². The number of benzene rings is 1. The Morgan fingerprint density at radius 2 is 1.68 bits per heavy atom. The molecule has 1 aromatic carbocycles. The van der Waals surface area contributed by atoms with Crippen molar-refractivity contribution in [1.82, 2.24) is 4.90 Å². The van der Waals surface area contributed by atoms with Gasteiger partial charge in [-0.3, -0.25) is 9.69 Å². The number of unbranched alkanes of at least 4 members (excludes halogenated alkanes) is 7. The molecule has 28 heavy (non-hydrogen) atoms. The number of amides is 1. The molecule has 0 saturated carbocycles. The maximum absolute atomic E-state index is 13.8.